The zero-order valence-corrected chi connectivity index (χ0v) is 19.8. The Morgan fingerprint density at radius 1 is 0.857 bits per heavy atom. The van der Waals surface area contributed by atoms with Gasteiger partial charge in [-0.1, -0.05) is 55.8 Å². The Kier molecular flexibility index (Phi) is 10.1. The van der Waals surface area contributed by atoms with Gasteiger partial charge in [0.25, 0.3) is 0 Å². The Hall–Kier alpha value is -3.55. The third-order valence-electron chi connectivity index (χ3n) is 5.68. The van der Waals surface area contributed by atoms with Crippen LogP contribution in [-0.2, 0) is 28.6 Å². The number of rotatable bonds is 8. The van der Waals surface area contributed by atoms with Crippen molar-refractivity contribution < 1.29 is 33.0 Å². The molecule has 0 aromatic heterocycles. The van der Waals surface area contributed by atoms with Crippen LogP contribution in [0, 0.1) is 0 Å². The molecule has 3 rings (SSSR count). The summed E-state index contributed by atoms with van der Waals surface area (Å²) < 4.78 is 39.7. The number of alkyl halides is 3. The molecule has 0 unspecified atom stereocenters. The zero-order valence-electron chi connectivity index (χ0n) is 19.8. The van der Waals surface area contributed by atoms with Crippen LogP contribution in [0.25, 0.3) is 10.8 Å². The second-order valence-electron chi connectivity index (χ2n) is 8.18. The highest BCUT2D eigenvalue weighted by Gasteiger charge is 2.31. The van der Waals surface area contributed by atoms with Crippen molar-refractivity contribution in [3.05, 3.63) is 77.4 Å². The van der Waals surface area contributed by atoms with Gasteiger partial charge in [-0.25, -0.2) is 9.59 Å². The van der Waals surface area contributed by atoms with Crippen LogP contribution in [0.4, 0.5) is 18.9 Å². The van der Waals surface area contributed by atoms with Gasteiger partial charge >= 0.3 is 18.1 Å². The number of unbranched alkanes of at least 4 members (excludes halogenated alkanes) is 2. The summed E-state index contributed by atoms with van der Waals surface area (Å²) in [7, 11) is 2.11. The third kappa shape index (κ3) is 8.31. The highest BCUT2D eigenvalue weighted by molar-refractivity contribution is 6.27. The number of hydrogen-bond donors (Lipinski definition) is 2. The number of aliphatic carboxylic acids is 2. The first-order valence-corrected chi connectivity index (χ1v) is 11.4. The van der Waals surface area contributed by atoms with Crippen LogP contribution in [0.3, 0.4) is 0 Å². The third-order valence-corrected chi connectivity index (χ3v) is 5.68. The largest absolute Gasteiger partial charge is 0.473 e. The fraction of sp³-hybridized carbons (Fsp3) is 0.333. The van der Waals surface area contributed by atoms with Gasteiger partial charge in [0.05, 0.1) is 5.56 Å². The van der Waals surface area contributed by atoms with Gasteiger partial charge in [-0.15, -0.1) is 0 Å². The molecule has 0 heterocycles. The van der Waals surface area contributed by atoms with E-state index in [1.165, 1.54) is 23.4 Å². The second-order valence-corrected chi connectivity index (χ2v) is 8.18. The predicted molar refractivity (Wildman–Crippen MR) is 131 cm³/mol. The monoisotopic (exact) mass is 489 g/mol. The number of fused-ring (bicyclic) bond motifs is 1. The number of benzene rings is 3. The average molecular weight is 490 g/mol. The second kappa shape index (κ2) is 12.8. The number of anilines is 1. The van der Waals surface area contributed by atoms with E-state index >= 15 is 0 Å². The van der Waals surface area contributed by atoms with E-state index in [0.717, 1.165) is 43.2 Å². The van der Waals surface area contributed by atoms with Crippen molar-refractivity contribution >= 4 is 28.4 Å². The molecule has 8 heteroatoms. The quantitative estimate of drug-likeness (QED) is 0.282. The molecule has 0 saturated carbocycles. The number of carboxylic acid groups (broad SMARTS) is 2. The Bertz CT molecular complexity index is 1130. The van der Waals surface area contributed by atoms with Crippen LogP contribution in [-0.4, -0.2) is 35.7 Å². The fourth-order valence-corrected chi connectivity index (χ4v) is 3.90. The average Bonchev–Trinajstić information content (AvgIpc) is 2.83. The van der Waals surface area contributed by atoms with E-state index in [1.807, 2.05) is 12.1 Å². The van der Waals surface area contributed by atoms with E-state index < -0.39 is 23.7 Å². The lowest BCUT2D eigenvalue weighted by molar-refractivity contribution is -0.159. The summed E-state index contributed by atoms with van der Waals surface area (Å²) in [5.74, 6) is -3.65. The van der Waals surface area contributed by atoms with Gasteiger partial charge in [-0.05, 0) is 65.8 Å². The van der Waals surface area contributed by atoms with Crippen molar-refractivity contribution in [2.45, 2.75) is 45.2 Å². The molecule has 0 aliphatic heterocycles. The van der Waals surface area contributed by atoms with Gasteiger partial charge < -0.3 is 15.1 Å². The minimum atomic E-state index is -4.31. The van der Waals surface area contributed by atoms with Crippen molar-refractivity contribution in [3.63, 3.8) is 0 Å². The van der Waals surface area contributed by atoms with Crippen LogP contribution >= 0.6 is 0 Å². The summed E-state index contributed by atoms with van der Waals surface area (Å²) in [5, 5.41) is 16.4. The fourth-order valence-electron chi connectivity index (χ4n) is 3.90. The molecule has 5 nitrogen and oxygen atoms in total. The number of hydrogen-bond acceptors (Lipinski definition) is 3. The topological polar surface area (TPSA) is 77.8 Å². The molecule has 2 N–H and O–H groups in total. The normalized spacial score (nSPS) is 11.0. The van der Waals surface area contributed by atoms with E-state index in [2.05, 4.69) is 43.1 Å². The van der Waals surface area contributed by atoms with Crippen LogP contribution in [0.1, 0.15) is 42.9 Å². The molecule has 0 radical (unpaired) electrons. The van der Waals surface area contributed by atoms with Crippen molar-refractivity contribution in [3.8, 4) is 0 Å². The molecule has 3 aromatic rings. The number of halogens is 3. The number of nitrogens with zero attached hydrogens (tertiary/aromatic N) is 1. The lowest BCUT2D eigenvalue weighted by Crippen LogP contribution is -2.19. The minimum absolute atomic E-state index is 0.554. The smallest absolute Gasteiger partial charge is 0.416 e. The van der Waals surface area contributed by atoms with Gasteiger partial charge in [0, 0.05) is 19.3 Å². The maximum Gasteiger partial charge on any atom is 0.416 e. The van der Waals surface area contributed by atoms with E-state index in [0.29, 0.717) is 11.8 Å². The molecule has 0 atom stereocenters. The lowest BCUT2D eigenvalue weighted by atomic mass is 9.96. The number of carboxylic acids is 2. The van der Waals surface area contributed by atoms with Crippen LogP contribution in [0.15, 0.2) is 60.7 Å². The van der Waals surface area contributed by atoms with Crippen molar-refractivity contribution in [2.24, 2.45) is 0 Å². The summed E-state index contributed by atoms with van der Waals surface area (Å²) in [6.45, 7) is 3.10. The zero-order chi connectivity index (χ0) is 26.0. The molecule has 35 heavy (non-hydrogen) atoms. The number of para-hydroxylation sites is 1. The summed E-state index contributed by atoms with van der Waals surface area (Å²) >= 11 is 0. The van der Waals surface area contributed by atoms with E-state index in [-0.39, 0.29) is 0 Å². The first kappa shape index (κ1) is 27.7. The molecule has 3 aromatic carbocycles. The molecular formula is C27H30F3NO4. The highest BCUT2D eigenvalue weighted by atomic mass is 19.4. The predicted octanol–water partition coefficient (Wildman–Crippen LogP) is 6.43. The Labute approximate surface area is 202 Å². The van der Waals surface area contributed by atoms with Crippen molar-refractivity contribution in [1.29, 1.82) is 0 Å². The lowest BCUT2D eigenvalue weighted by Gasteiger charge is -2.22. The van der Waals surface area contributed by atoms with Crippen molar-refractivity contribution in [2.75, 3.05) is 18.5 Å². The maximum absolute atomic E-state index is 13.2. The van der Waals surface area contributed by atoms with E-state index in [9.17, 15) is 13.2 Å². The van der Waals surface area contributed by atoms with E-state index in [1.54, 1.807) is 12.1 Å². The first-order chi connectivity index (χ1) is 16.5. The summed E-state index contributed by atoms with van der Waals surface area (Å²) in [6.07, 6.45) is 0.250. The van der Waals surface area contributed by atoms with Gasteiger partial charge in [-0.3, -0.25) is 0 Å². The van der Waals surface area contributed by atoms with Gasteiger partial charge in [-0.2, -0.15) is 13.2 Å². The van der Waals surface area contributed by atoms with Crippen LogP contribution < -0.4 is 4.90 Å². The number of carbonyl (C=O) groups is 2. The molecule has 0 aliphatic rings. The van der Waals surface area contributed by atoms with E-state index in [4.69, 9.17) is 19.8 Å². The SMILES string of the molecule is CCc1ccccc1N(C)CCCCCc1cc(C(F)(F)F)cc2ccccc12.O=C(O)C(=O)O. The molecule has 0 spiro atoms. The molecular weight excluding hydrogens is 459 g/mol. The minimum Gasteiger partial charge on any atom is -0.473 e. The Balaban J connectivity index is 0.000000641. The highest BCUT2D eigenvalue weighted by Crippen LogP contribution is 2.34. The Morgan fingerprint density at radius 3 is 2.11 bits per heavy atom. The molecule has 0 saturated heterocycles. The molecule has 0 bridgehead atoms. The molecule has 0 aliphatic carbocycles. The summed E-state index contributed by atoms with van der Waals surface area (Å²) in [4.78, 5) is 20.5. The molecule has 188 valence electrons. The molecule has 0 amide bonds. The number of aryl methyl sites for hydroxylation is 2. The van der Waals surface area contributed by atoms with Crippen LogP contribution in [0.5, 0.6) is 0 Å². The summed E-state index contributed by atoms with van der Waals surface area (Å²) in [5.41, 5.74) is 2.84. The Morgan fingerprint density at radius 2 is 1.49 bits per heavy atom. The summed E-state index contributed by atoms with van der Waals surface area (Å²) in [6, 6.07) is 18.4. The molecule has 0 fully saturated rings. The maximum atomic E-state index is 13.2. The van der Waals surface area contributed by atoms with Crippen LogP contribution in [0.2, 0.25) is 0 Å². The van der Waals surface area contributed by atoms with Gasteiger partial charge in [0.1, 0.15) is 0 Å². The van der Waals surface area contributed by atoms with Gasteiger partial charge in [0.15, 0.2) is 0 Å². The van der Waals surface area contributed by atoms with Crippen molar-refractivity contribution in [1.82, 2.24) is 0 Å². The standard InChI is InChI=1S/C25H28F3N.C2H2O4/c1-3-19-11-7-9-15-24(19)29(2)16-10-4-5-12-20-17-22(25(26,27)28)18-21-13-6-8-14-23(20)21;3-1(4)2(5)6/h6-9,11,13-15,17-18H,3-5,10,12,16H2,1-2H3;(H,3,4)(H,5,6). The van der Waals surface area contributed by atoms with Gasteiger partial charge in [0.2, 0.25) is 0 Å². The first-order valence-electron chi connectivity index (χ1n) is 11.4.